The zero-order valence-corrected chi connectivity index (χ0v) is 13.3. The summed E-state index contributed by atoms with van der Waals surface area (Å²) in [4.78, 5) is 16.3. The van der Waals surface area contributed by atoms with Gasteiger partial charge in [-0.3, -0.25) is 4.79 Å². The van der Waals surface area contributed by atoms with Crippen molar-refractivity contribution in [2.24, 2.45) is 0 Å². The highest BCUT2D eigenvalue weighted by molar-refractivity contribution is 9.10. The van der Waals surface area contributed by atoms with Crippen LogP contribution in [0.2, 0.25) is 0 Å². The average Bonchev–Trinajstić information content (AvgIpc) is 2.95. The fourth-order valence-electron chi connectivity index (χ4n) is 1.91. The zero-order valence-electron chi connectivity index (χ0n) is 11.7. The molecule has 0 fully saturated rings. The number of nitrogens with one attached hydrogen (secondary N) is 1. The van der Waals surface area contributed by atoms with E-state index in [2.05, 4.69) is 31.4 Å². The minimum absolute atomic E-state index is 0.158. The van der Waals surface area contributed by atoms with Crippen molar-refractivity contribution in [1.82, 2.24) is 10.1 Å². The maximum absolute atomic E-state index is 12.1. The number of anilines is 1. The lowest BCUT2D eigenvalue weighted by molar-refractivity contribution is 0.102. The number of hydrogen-bond acceptors (Lipinski definition) is 4. The van der Waals surface area contributed by atoms with Crippen LogP contribution in [0.5, 0.6) is 0 Å². The third kappa shape index (κ3) is 3.23. The van der Waals surface area contributed by atoms with E-state index in [-0.39, 0.29) is 5.91 Å². The van der Waals surface area contributed by atoms with E-state index in [1.54, 1.807) is 31.2 Å². The number of nitrogens with zero attached hydrogens (tertiary/aromatic N) is 2. The van der Waals surface area contributed by atoms with Crippen LogP contribution in [0, 0.1) is 6.92 Å². The summed E-state index contributed by atoms with van der Waals surface area (Å²) in [5, 5.41) is 6.59. The van der Waals surface area contributed by atoms with Gasteiger partial charge in [0.25, 0.3) is 11.8 Å². The number of aromatic nitrogens is 2. The summed E-state index contributed by atoms with van der Waals surface area (Å²) in [5.74, 6) is 0.889. The van der Waals surface area contributed by atoms with Crippen molar-refractivity contribution in [3.05, 3.63) is 64.4 Å². The molecule has 5 nitrogen and oxygen atoms in total. The van der Waals surface area contributed by atoms with Crippen molar-refractivity contribution in [1.29, 1.82) is 0 Å². The molecule has 2 aromatic carbocycles. The maximum atomic E-state index is 12.1. The van der Waals surface area contributed by atoms with Crippen molar-refractivity contribution in [2.45, 2.75) is 6.92 Å². The van der Waals surface area contributed by atoms with E-state index in [0.29, 0.717) is 23.0 Å². The fourth-order valence-corrected chi connectivity index (χ4v) is 2.18. The molecule has 1 aromatic heterocycles. The van der Waals surface area contributed by atoms with Crippen molar-refractivity contribution in [3.63, 3.8) is 0 Å². The number of hydrogen-bond donors (Lipinski definition) is 1. The Balaban J connectivity index is 1.73. The molecule has 0 atom stereocenters. The van der Waals surface area contributed by atoms with E-state index in [1.807, 2.05) is 24.3 Å². The molecule has 3 aromatic rings. The van der Waals surface area contributed by atoms with E-state index in [4.69, 9.17) is 4.52 Å². The first-order chi connectivity index (χ1) is 10.6. The molecule has 0 bridgehead atoms. The van der Waals surface area contributed by atoms with Crippen molar-refractivity contribution in [2.75, 3.05) is 5.32 Å². The number of amides is 1. The second-order valence-electron chi connectivity index (χ2n) is 4.69. The molecule has 6 heteroatoms. The Hall–Kier alpha value is -2.47. The van der Waals surface area contributed by atoms with Gasteiger partial charge >= 0.3 is 0 Å². The van der Waals surface area contributed by atoms with Gasteiger partial charge in [0.15, 0.2) is 5.82 Å². The topological polar surface area (TPSA) is 68.0 Å². The molecule has 0 saturated heterocycles. The molecule has 110 valence electrons. The molecule has 3 rings (SSSR count). The van der Waals surface area contributed by atoms with E-state index in [9.17, 15) is 4.79 Å². The first kappa shape index (κ1) is 14.5. The first-order valence-corrected chi connectivity index (χ1v) is 7.39. The molecule has 0 spiro atoms. The molecule has 1 heterocycles. The van der Waals surface area contributed by atoms with Gasteiger partial charge in [-0.15, -0.1) is 0 Å². The van der Waals surface area contributed by atoms with Crippen LogP contribution in [0.4, 0.5) is 5.69 Å². The Morgan fingerprint density at radius 1 is 1.09 bits per heavy atom. The quantitative estimate of drug-likeness (QED) is 0.767. The third-order valence-corrected chi connectivity index (χ3v) is 3.55. The lowest BCUT2D eigenvalue weighted by atomic mass is 10.2. The molecule has 0 unspecified atom stereocenters. The molecular formula is C16H12BrN3O2. The summed E-state index contributed by atoms with van der Waals surface area (Å²) >= 11 is 3.34. The van der Waals surface area contributed by atoms with Gasteiger partial charge in [-0.2, -0.15) is 4.98 Å². The Labute approximate surface area is 135 Å². The molecule has 22 heavy (non-hydrogen) atoms. The Bertz CT molecular complexity index is 795. The summed E-state index contributed by atoms with van der Waals surface area (Å²) in [6.45, 7) is 1.76. The van der Waals surface area contributed by atoms with Crippen LogP contribution >= 0.6 is 15.9 Å². The molecular weight excluding hydrogens is 346 g/mol. The number of carbonyl (C=O) groups is 1. The Morgan fingerprint density at radius 2 is 1.77 bits per heavy atom. The summed E-state index contributed by atoms with van der Waals surface area (Å²) in [6.07, 6.45) is 0. The Morgan fingerprint density at radius 3 is 2.36 bits per heavy atom. The van der Waals surface area contributed by atoms with Crippen LogP contribution in [-0.4, -0.2) is 16.0 Å². The van der Waals surface area contributed by atoms with Crippen LogP contribution in [0.25, 0.3) is 11.5 Å². The van der Waals surface area contributed by atoms with Gasteiger partial charge in [-0.05, 0) is 55.5 Å². The molecule has 0 radical (unpaired) electrons. The Kier molecular flexibility index (Phi) is 4.02. The second-order valence-corrected chi connectivity index (χ2v) is 5.60. The highest BCUT2D eigenvalue weighted by Crippen LogP contribution is 2.20. The van der Waals surface area contributed by atoms with Gasteiger partial charge in [0.05, 0.1) is 0 Å². The van der Waals surface area contributed by atoms with Gasteiger partial charge in [0.2, 0.25) is 0 Å². The number of halogens is 1. The SMILES string of the molecule is Cc1noc(-c2ccc(NC(=O)c3ccc(Br)cc3)cc2)n1. The summed E-state index contributed by atoms with van der Waals surface area (Å²) in [7, 11) is 0. The van der Waals surface area contributed by atoms with E-state index < -0.39 is 0 Å². The van der Waals surface area contributed by atoms with Crippen molar-refractivity contribution in [3.8, 4) is 11.5 Å². The smallest absolute Gasteiger partial charge is 0.257 e. The van der Waals surface area contributed by atoms with Crippen LogP contribution in [-0.2, 0) is 0 Å². The lowest BCUT2D eigenvalue weighted by Crippen LogP contribution is -2.11. The van der Waals surface area contributed by atoms with Crippen LogP contribution in [0.15, 0.2) is 57.5 Å². The molecule has 1 N–H and O–H groups in total. The van der Waals surface area contributed by atoms with Crippen LogP contribution < -0.4 is 5.32 Å². The molecule has 0 aliphatic carbocycles. The van der Waals surface area contributed by atoms with Gasteiger partial charge in [-0.1, -0.05) is 21.1 Å². The molecule has 0 aliphatic rings. The number of aryl methyl sites for hydroxylation is 1. The predicted octanol–water partition coefficient (Wildman–Crippen LogP) is 4.06. The predicted molar refractivity (Wildman–Crippen MR) is 86.6 cm³/mol. The maximum Gasteiger partial charge on any atom is 0.257 e. The zero-order chi connectivity index (χ0) is 15.5. The van der Waals surface area contributed by atoms with Gasteiger partial charge in [0, 0.05) is 21.3 Å². The minimum atomic E-state index is -0.158. The molecule has 1 amide bonds. The normalized spacial score (nSPS) is 10.5. The average molecular weight is 358 g/mol. The van der Waals surface area contributed by atoms with Crippen molar-refractivity contribution < 1.29 is 9.32 Å². The second kappa shape index (κ2) is 6.11. The fraction of sp³-hybridized carbons (Fsp3) is 0.0625. The first-order valence-electron chi connectivity index (χ1n) is 6.59. The number of carbonyl (C=O) groups excluding carboxylic acids is 1. The molecule has 0 saturated carbocycles. The highest BCUT2D eigenvalue weighted by atomic mass is 79.9. The monoisotopic (exact) mass is 357 g/mol. The van der Waals surface area contributed by atoms with Crippen molar-refractivity contribution >= 4 is 27.5 Å². The lowest BCUT2D eigenvalue weighted by Gasteiger charge is -2.05. The van der Waals surface area contributed by atoms with Gasteiger partial charge < -0.3 is 9.84 Å². The summed E-state index contributed by atoms with van der Waals surface area (Å²) < 4.78 is 6.03. The minimum Gasteiger partial charge on any atom is -0.334 e. The van der Waals surface area contributed by atoms with E-state index in [0.717, 1.165) is 10.0 Å². The standard InChI is InChI=1S/C16H12BrN3O2/c1-10-18-16(22-20-10)12-4-8-14(9-5-12)19-15(21)11-2-6-13(17)7-3-11/h2-9H,1H3,(H,19,21). The van der Waals surface area contributed by atoms with Gasteiger partial charge in [0.1, 0.15) is 0 Å². The van der Waals surface area contributed by atoms with Crippen LogP contribution in [0.1, 0.15) is 16.2 Å². The number of benzene rings is 2. The summed E-state index contributed by atoms with van der Waals surface area (Å²) in [5.41, 5.74) is 2.11. The van der Waals surface area contributed by atoms with E-state index >= 15 is 0 Å². The number of rotatable bonds is 3. The third-order valence-electron chi connectivity index (χ3n) is 3.02. The van der Waals surface area contributed by atoms with Crippen LogP contribution in [0.3, 0.4) is 0 Å². The highest BCUT2D eigenvalue weighted by Gasteiger charge is 2.08. The largest absolute Gasteiger partial charge is 0.334 e. The molecule has 0 aliphatic heterocycles. The van der Waals surface area contributed by atoms with E-state index in [1.165, 1.54) is 0 Å². The van der Waals surface area contributed by atoms with Gasteiger partial charge in [-0.25, -0.2) is 0 Å². The summed E-state index contributed by atoms with van der Waals surface area (Å²) in [6, 6.07) is 14.4.